The molecule has 0 atom stereocenters. The van der Waals surface area contributed by atoms with Crippen LogP contribution in [0.2, 0.25) is 0 Å². The van der Waals surface area contributed by atoms with Gasteiger partial charge in [0.15, 0.2) is 0 Å². The Morgan fingerprint density at radius 3 is 2.13 bits per heavy atom. The molecule has 8 nitrogen and oxygen atoms in total. The molecule has 8 heteroatoms. The smallest absolute Gasteiger partial charge is 0.414 e. The summed E-state index contributed by atoms with van der Waals surface area (Å²) in [5.41, 5.74) is 1.32. The number of hydrogen-bond acceptors (Lipinski definition) is 5. The second-order valence-electron chi connectivity index (χ2n) is 4.31. The van der Waals surface area contributed by atoms with Gasteiger partial charge in [0.1, 0.15) is 11.3 Å². The number of carboxylic acids is 2. The van der Waals surface area contributed by atoms with Gasteiger partial charge in [-0.25, -0.2) is 14.6 Å². The second-order valence-corrected chi connectivity index (χ2v) is 4.31. The van der Waals surface area contributed by atoms with Gasteiger partial charge in [0.25, 0.3) is 11.5 Å². The highest BCUT2D eigenvalue weighted by Gasteiger charge is 2.36. The lowest BCUT2D eigenvalue weighted by atomic mass is 10.1. The molecule has 0 saturated heterocycles. The van der Waals surface area contributed by atoms with Gasteiger partial charge in [-0.3, -0.25) is 4.79 Å². The predicted molar refractivity (Wildman–Crippen MR) is 77.7 cm³/mol. The summed E-state index contributed by atoms with van der Waals surface area (Å²) in [7, 11) is 0. The van der Waals surface area contributed by atoms with Gasteiger partial charge >= 0.3 is 11.9 Å². The quantitative estimate of drug-likeness (QED) is 0.457. The SMILES string of the molecule is O=C(O)C(=O)O.O=C1C(c2ccccn2)=[N+]([O-])c2ccccc21. The van der Waals surface area contributed by atoms with Crippen molar-refractivity contribution in [1.82, 2.24) is 4.98 Å². The molecule has 23 heavy (non-hydrogen) atoms. The molecule has 0 unspecified atom stereocenters. The lowest BCUT2D eigenvalue weighted by molar-refractivity contribution is -0.355. The van der Waals surface area contributed by atoms with Crippen LogP contribution in [0.25, 0.3) is 0 Å². The molecule has 0 bridgehead atoms. The first-order chi connectivity index (χ1) is 10.9. The minimum Gasteiger partial charge on any atom is -0.618 e. The highest BCUT2D eigenvalue weighted by molar-refractivity contribution is 6.51. The van der Waals surface area contributed by atoms with Crippen LogP contribution in [0.15, 0.2) is 48.7 Å². The van der Waals surface area contributed by atoms with E-state index in [4.69, 9.17) is 19.8 Å². The molecule has 0 amide bonds. The largest absolute Gasteiger partial charge is 0.618 e. The van der Waals surface area contributed by atoms with Crippen molar-refractivity contribution in [2.45, 2.75) is 0 Å². The molecule has 1 aliphatic rings. The number of rotatable bonds is 1. The summed E-state index contributed by atoms with van der Waals surface area (Å²) in [6.45, 7) is 0. The fourth-order valence-corrected chi connectivity index (χ4v) is 1.91. The molecule has 0 aliphatic carbocycles. The van der Waals surface area contributed by atoms with E-state index in [2.05, 4.69) is 4.98 Å². The van der Waals surface area contributed by atoms with Crippen LogP contribution in [0.5, 0.6) is 0 Å². The number of aliphatic carboxylic acids is 2. The monoisotopic (exact) mass is 314 g/mol. The van der Waals surface area contributed by atoms with Gasteiger partial charge in [0.05, 0.1) is 0 Å². The van der Waals surface area contributed by atoms with Crippen molar-refractivity contribution >= 4 is 29.1 Å². The van der Waals surface area contributed by atoms with E-state index in [9.17, 15) is 10.0 Å². The van der Waals surface area contributed by atoms with Crippen LogP contribution in [-0.4, -0.2) is 43.4 Å². The van der Waals surface area contributed by atoms with Gasteiger partial charge in [-0.15, -0.1) is 0 Å². The number of carboxylic acid groups (broad SMARTS) is 2. The summed E-state index contributed by atoms with van der Waals surface area (Å²) in [5, 5.41) is 26.8. The Morgan fingerprint density at radius 1 is 1.00 bits per heavy atom. The number of para-hydroxylation sites is 1. The molecule has 0 fully saturated rings. The van der Waals surface area contributed by atoms with Crippen LogP contribution < -0.4 is 0 Å². The van der Waals surface area contributed by atoms with E-state index in [0.29, 0.717) is 21.7 Å². The predicted octanol–water partition coefficient (Wildman–Crippen LogP) is 1.06. The maximum atomic E-state index is 12.1. The van der Waals surface area contributed by atoms with Crippen molar-refractivity contribution in [2.24, 2.45) is 0 Å². The van der Waals surface area contributed by atoms with Gasteiger partial charge in [-0.1, -0.05) is 18.2 Å². The molecule has 3 rings (SSSR count). The molecule has 2 N–H and O–H groups in total. The Balaban J connectivity index is 0.000000277. The first kappa shape index (κ1) is 15.8. The number of hydrogen-bond donors (Lipinski definition) is 2. The molecule has 116 valence electrons. The lowest BCUT2D eigenvalue weighted by Crippen LogP contribution is -2.17. The maximum Gasteiger partial charge on any atom is 0.414 e. The topological polar surface area (TPSA) is 131 Å². The summed E-state index contributed by atoms with van der Waals surface area (Å²) in [6, 6.07) is 11.9. The van der Waals surface area contributed by atoms with E-state index in [0.717, 1.165) is 0 Å². The fraction of sp³-hybridized carbons (Fsp3) is 0. The molecule has 0 radical (unpaired) electrons. The number of benzene rings is 1. The highest BCUT2D eigenvalue weighted by atomic mass is 16.5. The normalized spacial score (nSPS) is 12.3. The second kappa shape index (κ2) is 6.48. The van der Waals surface area contributed by atoms with Crippen molar-refractivity contribution in [1.29, 1.82) is 0 Å². The van der Waals surface area contributed by atoms with E-state index < -0.39 is 11.9 Å². The van der Waals surface area contributed by atoms with Crippen LogP contribution in [0.3, 0.4) is 0 Å². The van der Waals surface area contributed by atoms with Crippen LogP contribution in [0.1, 0.15) is 16.1 Å². The molecule has 2 aromatic rings. The summed E-state index contributed by atoms with van der Waals surface area (Å²) in [4.78, 5) is 34.3. The van der Waals surface area contributed by atoms with E-state index in [1.807, 2.05) is 0 Å². The van der Waals surface area contributed by atoms with Crippen LogP contribution in [-0.2, 0) is 9.59 Å². The highest BCUT2D eigenvalue weighted by Crippen LogP contribution is 2.26. The van der Waals surface area contributed by atoms with Crippen LogP contribution in [0, 0.1) is 5.21 Å². The van der Waals surface area contributed by atoms with E-state index in [-0.39, 0.29) is 11.5 Å². The standard InChI is InChI=1S/C13H8N2O2.C2H2O4/c16-13-9-5-1-2-7-11(9)15(17)12(13)10-6-3-4-8-14-10;3-1(4)2(5)6/h1-8H;(H,3,4)(H,5,6). The lowest BCUT2D eigenvalue weighted by Gasteiger charge is -2.00. The van der Waals surface area contributed by atoms with Gasteiger partial charge in [0.2, 0.25) is 5.69 Å². The Labute approximate surface area is 129 Å². The molecular weight excluding hydrogens is 304 g/mol. The van der Waals surface area contributed by atoms with Crippen molar-refractivity contribution in [2.75, 3.05) is 0 Å². The Morgan fingerprint density at radius 2 is 1.61 bits per heavy atom. The average Bonchev–Trinajstić information content (AvgIpc) is 2.81. The number of aromatic nitrogens is 1. The van der Waals surface area contributed by atoms with Gasteiger partial charge < -0.3 is 15.4 Å². The molecule has 0 spiro atoms. The summed E-state index contributed by atoms with van der Waals surface area (Å²) in [6.07, 6.45) is 1.56. The number of Topliss-reactive ketones (excluding diaryl/α,β-unsaturated/α-hetero) is 1. The van der Waals surface area contributed by atoms with Gasteiger partial charge in [-0.05, 0) is 18.2 Å². The summed E-state index contributed by atoms with van der Waals surface area (Å²) < 4.78 is 0.653. The van der Waals surface area contributed by atoms with Crippen molar-refractivity contribution < 1.29 is 29.3 Å². The molecule has 0 saturated carbocycles. The number of nitrogens with zero attached hydrogens (tertiary/aromatic N) is 2. The Bertz CT molecular complexity index is 802. The third-order valence-electron chi connectivity index (χ3n) is 2.88. The van der Waals surface area contributed by atoms with Crippen LogP contribution >= 0.6 is 0 Å². The van der Waals surface area contributed by atoms with E-state index >= 15 is 0 Å². The maximum absolute atomic E-state index is 12.1. The van der Waals surface area contributed by atoms with Gasteiger partial charge in [-0.2, -0.15) is 4.74 Å². The molecular formula is C15H10N2O6. The van der Waals surface area contributed by atoms with Crippen LogP contribution in [0.4, 0.5) is 5.69 Å². The third kappa shape index (κ3) is 3.21. The zero-order valence-electron chi connectivity index (χ0n) is 11.5. The summed E-state index contributed by atoms with van der Waals surface area (Å²) >= 11 is 0. The number of fused-ring (bicyclic) bond motifs is 1. The first-order valence-corrected chi connectivity index (χ1v) is 6.29. The van der Waals surface area contributed by atoms with E-state index in [1.165, 1.54) is 0 Å². The van der Waals surface area contributed by atoms with Crippen molar-refractivity contribution in [3.8, 4) is 0 Å². The van der Waals surface area contributed by atoms with E-state index in [1.54, 1.807) is 48.7 Å². The average molecular weight is 314 g/mol. The minimum atomic E-state index is -1.82. The number of pyridine rings is 1. The van der Waals surface area contributed by atoms with Gasteiger partial charge in [0, 0.05) is 12.3 Å². The summed E-state index contributed by atoms with van der Waals surface area (Å²) in [5.74, 6) is -3.92. The molecule has 1 aliphatic heterocycles. The Kier molecular flexibility index (Phi) is 4.46. The third-order valence-corrected chi connectivity index (χ3v) is 2.88. The minimum absolute atomic E-state index is 0.0896. The molecule has 1 aromatic heterocycles. The fourth-order valence-electron chi connectivity index (χ4n) is 1.91. The van der Waals surface area contributed by atoms with Crippen molar-refractivity contribution in [3.63, 3.8) is 0 Å². The number of carbonyl (C=O) groups excluding carboxylic acids is 1. The Hall–Kier alpha value is -3.55. The first-order valence-electron chi connectivity index (χ1n) is 6.29. The number of carbonyl (C=O) groups is 3. The zero-order chi connectivity index (χ0) is 17.0. The van der Waals surface area contributed by atoms with Crippen molar-refractivity contribution in [3.05, 3.63) is 65.1 Å². The number of ketones is 1. The molecule has 1 aromatic carbocycles. The zero-order valence-corrected chi connectivity index (χ0v) is 11.5. The molecule has 2 heterocycles.